The number of hydrogen-bond donors (Lipinski definition) is 0. The Morgan fingerprint density at radius 1 is 0.450 bits per heavy atom. The molecule has 0 spiro atoms. The zero-order valence-electron chi connectivity index (χ0n) is 32.9. The van der Waals surface area contributed by atoms with Gasteiger partial charge in [-0.25, -0.2) is 15.0 Å². The van der Waals surface area contributed by atoms with Crippen LogP contribution < -0.4 is 0 Å². The average Bonchev–Trinajstić information content (AvgIpc) is 3.74. The zero-order chi connectivity index (χ0) is 40.0. The normalized spacial score (nSPS) is 14.1. The highest BCUT2D eigenvalue weighted by Crippen LogP contribution is 2.39. The Morgan fingerprint density at radius 2 is 0.967 bits per heavy atom. The maximum Gasteiger partial charge on any atom is 0.159 e. The molecule has 0 fully saturated rings. The van der Waals surface area contributed by atoms with E-state index < -0.39 is 0 Å². The van der Waals surface area contributed by atoms with Crippen molar-refractivity contribution in [1.82, 2.24) is 19.4 Å². The van der Waals surface area contributed by atoms with E-state index in [1.165, 1.54) is 16.5 Å². The molecular weight excluding hydrogens is 733 g/mol. The second kappa shape index (κ2) is 14.8. The molecule has 1 atom stereocenters. The van der Waals surface area contributed by atoms with Crippen LogP contribution in [0.15, 0.2) is 217 Å². The standard InChI is InChI=1S/C54H38N6/c1-59-52(41-15-7-3-8-16-41)57-51(58-53(59)42-29-23-37(24-30-42)36-13-5-2-6-14-36)40-27-21-38(22-28-40)39-25-31-43(32-26-39)54-56-49-48-35-55-34-33-46(48)45-19-11-12-20-47(45)50(49)60(54)44-17-9-4-10-18-44/h2-35,53H,1H3. The number of rotatable bonds is 7. The predicted molar refractivity (Wildman–Crippen MR) is 247 cm³/mol. The topological polar surface area (TPSA) is 58.7 Å². The summed E-state index contributed by atoms with van der Waals surface area (Å²) in [5, 5.41) is 4.54. The van der Waals surface area contributed by atoms with Gasteiger partial charge in [-0.05, 0) is 56.8 Å². The highest BCUT2D eigenvalue weighted by molar-refractivity contribution is 6.24. The number of para-hydroxylation sites is 1. The number of hydrogen-bond acceptors (Lipinski definition) is 5. The molecule has 10 aromatic rings. The summed E-state index contributed by atoms with van der Waals surface area (Å²) >= 11 is 0. The van der Waals surface area contributed by atoms with Crippen molar-refractivity contribution >= 4 is 44.2 Å². The molecule has 0 saturated heterocycles. The van der Waals surface area contributed by atoms with Crippen LogP contribution in [-0.4, -0.2) is 38.2 Å². The van der Waals surface area contributed by atoms with Crippen LogP contribution in [0.2, 0.25) is 0 Å². The lowest BCUT2D eigenvalue weighted by molar-refractivity contribution is 0.383. The van der Waals surface area contributed by atoms with Gasteiger partial charge in [-0.2, -0.15) is 0 Å². The fraction of sp³-hybridized carbons (Fsp3) is 0.0370. The molecule has 0 radical (unpaired) electrons. The lowest BCUT2D eigenvalue weighted by Crippen LogP contribution is -2.35. The molecule has 2 aromatic heterocycles. The number of benzene rings is 8. The molecule has 6 nitrogen and oxygen atoms in total. The Labute approximate surface area is 348 Å². The summed E-state index contributed by atoms with van der Waals surface area (Å²) in [5.74, 6) is 2.48. The maximum atomic E-state index is 5.38. The van der Waals surface area contributed by atoms with Crippen molar-refractivity contribution in [1.29, 1.82) is 0 Å². The van der Waals surface area contributed by atoms with Crippen LogP contribution >= 0.6 is 0 Å². The van der Waals surface area contributed by atoms with E-state index in [1.54, 1.807) is 0 Å². The highest BCUT2D eigenvalue weighted by atomic mass is 15.3. The van der Waals surface area contributed by atoms with E-state index in [2.05, 4.69) is 203 Å². The van der Waals surface area contributed by atoms with Crippen molar-refractivity contribution < 1.29 is 0 Å². The van der Waals surface area contributed by atoms with Crippen molar-refractivity contribution in [2.75, 3.05) is 7.05 Å². The largest absolute Gasteiger partial charge is 0.333 e. The van der Waals surface area contributed by atoms with Gasteiger partial charge >= 0.3 is 0 Å². The Balaban J connectivity index is 0.952. The minimum Gasteiger partial charge on any atom is -0.333 e. The van der Waals surface area contributed by atoms with Gasteiger partial charge in [0.15, 0.2) is 5.84 Å². The van der Waals surface area contributed by atoms with Gasteiger partial charge in [0.05, 0.1) is 11.0 Å². The van der Waals surface area contributed by atoms with Gasteiger partial charge in [0, 0.05) is 52.6 Å². The SMILES string of the molecule is CN1C(c2ccccc2)=NC(c2ccc(-c3ccc(-c4nc5c6cnccc6c6ccccc6c5n4-c4ccccc4)cc3)cc2)=NC1c1ccc(-c2ccccc2)cc1. The lowest BCUT2D eigenvalue weighted by atomic mass is 10.0. The van der Waals surface area contributed by atoms with Crippen LogP contribution in [0, 0.1) is 0 Å². The van der Waals surface area contributed by atoms with E-state index in [0.717, 1.165) is 77.9 Å². The van der Waals surface area contributed by atoms with Gasteiger partial charge in [0.1, 0.15) is 17.8 Å². The molecule has 1 unspecified atom stereocenters. The van der Waals surface area contributed by atoms with E-state index in [1.807, 2.05) is 24.5 Å². The molecule has 11 rings (SSSR count). The van der Waals surface area contributed by atoms with Crippen molar-refractivity contribution in [3.63, 3.8) is 0 Å². The minimum atomic E-state index is -0.239. The third-order valence-electron chi connectivity index (χ3n) is 11.6. The third kappa shape index (κ3) is 6.14. The van der Waals surface area contributed by atoms with Crippen LogP contribution in [0.25, 0.3) is 71.9 Å². The van der Waals surface area contributed by atoms with Crippen LogP contribution in [0.5, 0.6) is 0 Å². The van der Waals surface area contributed by atoms with Crippen molar-refractivity contribution in [2.45, 2.75) is 6.17 Å². The summed E-state index contributed by atoms with van der Waals surface area (Å²) in [4.78, 5) is 22.5. The predicted octanol–water partition coefficient (Wildman–Crippen LogP) is 12.6. The van der Waals surface area contributed by atoms with Gasteiger partial charge in [0.2, 0.25) is 0 Å². The van der Waals surface area contributed by atoms with Crippen molar-refractivity contribution in [3.8, 4) is 39.3 Å². The first kappa shape index (κ1) is 35.2. The zero-order valence-corrected chi connectivity index (χ0v) is 32.9. The monoisotopic (exact) mass is 770 g/mol. The molecule has 0 amide bonds. The van der Waals surface area contributed by atoms with Crippen LogP contribution in [-0.2, 0) is 0 Å². The summed E-state index contributed by atoms with van der Waals surface area (Å²) in [6.45, 7) is 0. The first-order chi connectivity index (χ1) is 29.7. The number of aliphatic imine (C=N–C) groups is 2. The number of fused-ring (bicyclic) bond motifs is 6. The Hall–Kier alpha value is -7.96. The molecule has 1 aliphatic rings. The van der Waals surface area contributed by atoms with E-state index in [9.17, 15) is 0 Å². The molecule has 8 aromatic carbocycles. The molecule has 1 aliphatic heterocycles. The van der Waals surface area contributed by atoms with Gasteiger partial charge in [-0.15, -0.1) is 0 Å². The molecule has 0 saturated carbocycles. The number of amidine groups is 2. The van der Waals surface area contributed by atoms with Gasteiger partial charge in [-0.3, -0.25) is 9.55 Å². The van der Waals surface area contributed by atoms with E-state index >= 15 is 0 Å². The Bertz CT molecular complexity index is 3230. The lowest BCUT2D eigenvalue weighted by Gasteiger charge is -2.32. The van der Waals surface area contributed by atoms with Crippen LogP contribution in [0.4, 0.5) is 0 Å². The summed E-state index contributed by atoms with van der Waals surface area (Å²) < 4.78 is 2.30. The highest BCUT2D eigenvalue weighted by Gasteiger charge is 2.27. The maximum absolute atomic E-state index is 5.38. The molecule has 6 heteroatoms. The van der Waals surface area contributed by atoms with Crippen molar-refractivity contribution in [2.24, 2.45) is 9.98 Å². The van der Waals surface area contributed by atoms with Gasteiger partial charge < -0.3 is 4.90 Å². The summed E-state index contributed by atoms with van der Waals surface area (Å²) in [6, 6.07) is 68.1. The molecule has 60 heavy (non-hydrogen) atoms. The fourth-order valence-corrected chi connectivity index (χ4v) is 8.54. The molecular formula is C54H38N6. The number of aromatic nitrogens is 3. The van der Waals surface area contributed by atoms with Gasteiger partial charge in [-0.1, -0.05) is 176 Å². The number of nitrogens with zero attached hydrogens (tertiary/aromatic N) is 6. The quantitative estimate of drug-likeness (QED) is 0.152. The minimum absolute atomic E-state index is 0.239. The van der Waals surface area contributed by atoms with Crippen molar-refractivity contribution in [3.05, 3.63) is 223 Å². The van der Waals surface area contributed by atoms with E-state index in [0.29, 0.717) is 5.84 Å². The molecule has 3 heterocycles. The molecule has 0 aliphatic carbocycles. The molecule has 0 bridgehead atoms. The summed E-state index contributed by atoms with van der Waals surface area (Å²) in [7, 11) is 2.07. The fourth-order valence-electron chi connectivity index (χ4n) is 8.54. The van der Waals surface area contributed by atoms with Gasteiger partial charge in [0.25, 0.3) is 0 Å². The Morgan fingerprint density at radius 3 is 1.63 bits per heavy atom. The van der Waals surface area contributed by atoms with Crippen LogP contribution in [0.3, 0.4) is 0 Å². The van der Waals surface area contributed by atoms with E-state index in [4.69, 9.17) is 15.0 Å². The third-order valence-corrected chi connectivity index (χ3v) is 11.6. The molecule has 0 N–H and O–H groups in total. The number of pyridine rings is 1. The second-order valence-corrected chi connectivity index (χ2v) is 15.2. The molecule has 284 valence electrons. The number of imidazole rings is 1. The average molecular weight is 771 g/mol. The first-order valence-electron chi connectivity index (χ1n) is 20.2. The Kier molecular flexibility index (Phi) is 8.67. The van der Waals surface area contributed by atoms with Crippen LogP contribution in [0.1, 0.15) is 22.9 Å². The summed E-state index contributed by atoms with van der Waals surface area (Å²) in [5.41, 5.74) is 11.8. The second-order valence-electron chi connectivity index (χ2n) is 15.2. The first-order valence-corrected chi connectivity index (χ1v) is 20.2. The van der Waals surface area contributed by atoms with E-state index in [-0.39, 0.29) is 6.17 Å². The smallest absolute Gasteiger partial charge is 0.159 e. The summed E-state index contributed by atoms with van der Waals surface area (Å²) in [6.07, 6.45) is 3.56.